The first-order valence-corrected chi connectivity index (χ1v) is 12.4. The van der Waals surface area contributed by atoms with Gasteiger partial charge in [-0.05, 0) is 69.3 Å². The number of sulfone groups is 1. The van der Waals surface area contributed by atoms with Crippen molar-refractivity contribution in [2.24, 2.45) is 0 Å². The molecule has 3 aromatic carbocycles. The maximum atomic E-state index is 15.2. The second-order valence-corrected chi connectivity index (χ2v) is 11.0. The predicted octanol–water partition coefficient (Wildman–Crippen LogP) is 5.12. The van der Waals surface area contributed by atoms with Gasteiger partial charge in [0.1, 0.15) is 5.82 Å². The quantitative estimate of drug-likeness (QED) is 0.403. The Hall–Kier alpha value is -3.54. The second-order valence-electron chi connectivity index (χ2n) is 8.55. The number of hydrogen-bond acceptors (Lipinski definition) is 5. The largest absolute Gasteiger partial charge is 0.316 e. The Morgan fingerprint density at radius 3 is 2.44 bits per heavy atom. The van der Waals surface area contributed by atoms with E-state index < -0.39 is 20.9 Å². The molecule has 0 amide bonds. The highest BCUT2D eigenvalue weighted by Gasteiger charge is 2.21. The average Bonchev–Trinajstić information content (AvgIpc) is 3.21. The van der Waals surface area contributed by atoms with E-state index in [0.717, 1.165) is 11.1 Å². The molecule has 0 aliphatic carbocycles. The van der Waals surface area contributed by atoms with Crippen molar-refractivity contribution in [1.29, 1.82) is 5.26 Å². The number of fused-ring (bicyclic) bond motifs is 1. The van der Waals surface area contributed by atoms with Gasteiger partial charge in [0.05, 0.1) is 33.0 Å². The molecule has 0 aliphatic rings. The highest BCUT2D eigenvalue weighted by atomic mass is 32.2. The van der Waals surface area contributed by atoms with Gasteiger partial charge in [-0.25, -0.2) is 12.8 Å². The van der Waals surface area contributed by atoms with E-state index in [1.54, 1.807) is 57.3 Å². The number of nitriles is 1. The molecule has 0 saturated carbocycles. The zero-order valence-corrected chi connectivity index (χ0v) is 20.2. The molecule has 4 rings (SSSR count). The van der Waals surface area contributed by atoms with Gasteiger partial charge in [0.2, 0.25) is 0 Å². The summed E-state index contributed by atoms with van der Waals surface area (Å²) in [7, 11) is -1.58. The number of aromatic amines is 1. The third kappa shape index (κ3) is 4.09. The maximum Gasteiger partial charge on any atom is 0.180 e. The number of aryl methyl sites for hydroxylation is 1. The molecular weight excluding hydrogens is 451 g/mol. The van der Waals surface area contributed by atoms with Crippen LogP contribution in [0.15, 0.2) is 53.4 Å². The highest BCUT2D eigenvalue weighted by Crippen LogP contribution is 2.36. The van der Waals surface area contributed by atoms with E-state index in [-0.39, 0.29) is 4.90 Å². The van der Waals surface area contributed by atoms with Gasteiger partial charge in [-0.2, -0.15) is 10.4 Å². The van der Waals surface area contributed by atoms with Crippen molar-refractivity contribution in [2.75, 3.05) is 7.05 Å². The van der Waals surface area contributed by atoms with Crippen LogP contribution in [-0.2, 0) is 16.4 Å². The fraction of sp³-hybridized carbons (Fsp3) is 0.231. The van der Waals surface area contributed by atoms with E-state index in [0.29, 0.717) is 45.4 Å². The summed E-state index contributed by atoms with van der Waals surface area (Å²) >= 11 is 0. The summed E-state index contributed by atoms with van der Waals surface area (Å²) < 4.78 is 40.1. The minimum Gasteiger partial charge on any atom is -0.316 e. The number of halogens is 1. The first-order chi connectivity index (χ1) is 16.2. The van der Waals surface area contributed by atoms with Crippen LogP contribution < -0.4 is 5.32 Å². The van der Waals surface area contributed by atoms with Gasteiger partial charge in [-0.3, -0.25) is 5.10 Å². The van der Waals surface area contributed by atoms with Gasteiger partial charge < -0.3 is 5.32 Å². The molecule has 0 bridgehead atoms. The summed E-state index contributed by atoms with van der Waals surface area (Å²) in [5, 5.41) is 20.3. The van der Waals surface area contributed by atoms with E-state index in [1.807, 2.05) is 13.0 Å². The van der Waals surface area contributed by atoms with Crippen molar-refractivity contribution < 1.29 is 12.8 Å². The van der Waals surface area contributed by atoms with Crippen molar-refractivity contribution in [3.8, 4) is 28.5 Å². The molecule has 34 heavy (non-hydrogen) atoms. The number of benzene rings is 3. The normalized spacial score (nSPS) is 11.8. The summed E-state index contributed by atoms with van der Waals surface area (Å²) in [5.74, 6) is -0.394. The SMILES string of the molecule is CNCc1cc(C)c(-c2cc3c(-c4ccc(S(=O)(=O)C(C)C)cc4)n[nH]c3cc2C#N)c(F)c1. The van der Waals surface area contributed by atoms with Crippen LogP contribution in [0.5, 0.6) is 0 Å². The topological polar surface area (TPSA) is 98.6 Å². The van der Waals surface area contributed by atoms with Gasteiger partial charge in [0, 0.05) is 28.6 Å². The number of aromatic nitrogens is 2. The van der Waals surface area contributed by atoms with Crippen molar-refractivity contribution in [1.82, 2.24) is 15.5 Å². The van der Waals surface area contributed by atoms with E-state index in [1.165, 1.54) is 6.07 Å². The first kappa shape index (κ1) is 23.6. The van der Waals surface area contributed by atoms with E-state index in [4.69, 9.17) is 0 Å². The van der Waals surface area contributed by atoms with Crippen molar-refractivity contribution in [2.45, 2.75) is 37.5 Å². The Balaban J connectivity index is 1.87. The lowest BCUT2D eigenvalue weighted by molar-refractivity contribution is 0.587. The summed E-state index contributed by atoms with van der Waals surface area (Å²) in [6.45, 7) is 5.65. The average molecular weight is 477 g/mol. The van der Waals surface area contributed by atoms with Gasteiger partial charge in [0.25, 0.3) is 0 Å². The van der Waals surface area contributed by atoms with Crippen molar-refractivity contribution in [3.63, 3.8) is 0 Å². The molecule has 1 aromatic heterocycles. The summed E-state index contributed by atoms with van der Waals surface area (Å²) in [4.78, 5) is 0.248. The maximum absolute atomic E-state index is 15.2. The Morgan fingerprint density at radius 2 is 1.85 bits per heavy atom. The second kappa shape index (κ2) is 9.01. The van der Waals surface area contributed by atoms with Crippen molar-refractivity contribution >= 4 is 20.7 Å². The van der Waals surface area contributed by atoms with Crippen LogP contribution in [0.25, 0.3) is 33.3 Å². The standard InChI is InChI=1S/C26H25FN4O2S/c1-15(2)34(32,33)20-7-5-18(6-8-20)26-22-12-21(19(13-28)11-24(22)30-31-26)25-16(3)9-17(14-29-4)10-23(25)27/h5-12,15,29H,14H2,1-4H3,(H,30,31). The number of rotatable bonds is 6. The minimum atomic E-state index is -3.38. The lowest BCUT2D eigenvalue weighted by atomic mass is 9.92. The molecule has 0 fully saturated rings. The van der Waals surface area contributed by atoms with Crippen LogP contribution in [0.1, 0.15) is 30.5 Å². The fourth-order valence-corrected chi connectivity index (χ4v) is 5.18. The zero-order chi connectivity index (χ0) is 24.6. The highest BCUT2D eigenvalue weighted by molar-refractivity contribution is 7.92. The van der Waals surface area contributed by atoms with E-state index in [2.05, 4.69) is 21.6 Å². The first-order valence-electron chi connectivity index (χ1n) is 10.9. The molecule has 0 atom stereocenters. The number of H-pyrrole nitrogens is 1. The predicted molar refractivity (Wildman–Crippen MR) is 131 cm³/mol. The van der Waals surface area contributed by atoms with Gasteiger partial charge in [0.15, 0.2) is 9.84 Å². The third-order valence-electron chi connectivity index (χ3n) is 5.90. The number of nitrogens with zero attached hydrogens (tertiary/aromatic N) is 2. The van der Waals surface area contributed by atoms with Gasteiger partial charge >= 0.3 is 0 Å². The van der Waals surface area contributed by atoms with Crippen LogP contribution >= 0.6 is 0 Å². The van der Waals surface area contributed by atoms with E-state index >= 15 is 4.39 Å². The summed E-state index contributed by atoms with van der Waals surface area (Å²) in [6.07, 6.45) is 0. The zero-order valence-electron chi connectivity index (χ0n) is 19.4. The molecule has 174 valence electrons. The van der Waals surface area contributed by atoms with Crippen LogP contribution in [0.4, 0.5) is 4.39 Å². The third-order valence-corrected chi connectivity index (χ3v) is 8.07. The molecule has 0 saturated heterocycles. The molecule has 6 nitrogen and oxygen atoms in total. The Labute approximate surface area is 198 Å². The molecular formula is C26H25FN4O2S. The molecule has 0 aliphatic heterocycles. The molecule has 8 heteroatoms. The fourth-order valence-electron chi connectivity index (χ4n) is 4.12. The molecule has 4 aromatic rings. The van der Waals surface area contributed by atoms with Gasteiger partial charge in [-0.1, -0.05) is 18.2 Å². The Kier molecular flexibility index (Phi) is 6.26. The molecule has 1 heterocycles. The number of nitrogens with one attached hydrogen (secondary N) is 2. The molecule has 0 radical (unpaired) electrons. The van der Waals surface area contributed by atoms with Crippen molar-refractivity contribution in [3.05, 3.63) is 71.0 Å². The lowest BCUT2D eigenvalue weighted by Gasteiger charge is -2.13. The van der Waals surface area contributed by atoms with Gasteiger partial charge in [-0.15, -0.1) is 0 Å². The summed E-state index contributed by atoms with van der Waals surface area (Å²) in [6, 6.07) is 15.6. The van der Waals surface area contributed by atoms with Crippen LogP contribution in [0.2, 0.25) is 0 Å². The van der Waals surface area contributed by atoms with Crippen LogP contribution in [0, 0.1) is 24.1 Å². The van der Waals surface area contributed by atoms with E-state index in [9.17, 15) is 13.7 Å². The van der Waals surface area contributed by atoms with Crippen LogP contribution in [-0.4, -0.2) is 30.9 Å². The Morgan fingerprint density at radius 1 is 1.15 bits per heavy atom. The monoisotopic (exact) mass is 476 g/mol. The van der Waals surface area contributed by atoms with Crippen LogP contribution in [0.3, 0.4) is 0 Å². The smallest absolute Gasteiger partial charge is 0.180 e. The molecule has 2 N–H and O–H groups in total. The molecule has 0 spiro atoms. The molecule has 0 unspecified atom stereocenters. The Bertz CT molecular complexity index is 1510. The summed E-state index contributed by atoms with van der Waals surface area (Å²) in [5.41, 5.74) is 4.70. The number of hydrogen-bond donors (Lipinski definition) is 2. The minimum absolute atomic E-state index is 0.248. The lowest BCUT2D eigenvalue weighted by Crippen LogP contribution is -2.13.